The van der Waals surface area contributed by atoms with Gasteiger partial charge in [-0.2, -0.15) is 0 Å². The van der Waals surface area contributed by atoms with Crippen molar-refractivity contribution in [2.45, 2.75) is 57.9 Å². The van der Waals surface area contributed by atoms with Gasteiger partial charge in [-0.15, -0.1) is 0 Å². The molecule has 0 saturated heterocycles. The van der Waals surface area contributed by atoms with Crippen molar-refractivity contribution in [3.8, 4) is 0 Å². The van der Waals surface area contributed by atoms with Gasteiger partial charge in [-0.3, -0.25) is 0 Å². The highest BCUT2D eigenvalue weighted by atomic mass is 15.3. The van der Waals surface area contributed by atoms with Crippen molar-refractivity contribution in [3.63, 3.8) is 0 Å². The monoisotopic (exact) mass is 270 g/mol. The first kappa shape index (κ1) is 13.5. The predicted octanol–water partition coefficient (Wildman–Crippen LogP) is 4.69. The Morgan fingerprint density at radius 3 is 2.55 bits per heavy atom. The summed E-state index contributed by atoms with van der Waals surface area (Å²) in [7, 11) is 0. The van der Waals surface area contributed by atoms with Crippen LogP contribution in [0.2, 0.25) is 0 Å². The third kappa shape index (κ3) is 2.84. The maximum atomic E-state index is 2.41. The molecule has 1 fully saturated rings. The minimum absolute atomic E-state index is 0.567. The van der Waals surface area contributed by atoms with Crippen LogP contribution in [0.5, 0.6) is 0 Å². The molecular formula is C18H26N2. The van der Waals surface area contributed by atoms with Crippen LogP contribution in [0.25, 0.3) is 0 Å². The summed E-state index contributed by atoms with van der Waals surface area (Å²) < 4.78 is 0. The van der Waals surface area contributed by atoms with Crippen LogP contribution in [0.15, 0.2) is 36.7 Å². The zero-order valence-electron chi connectivity index (χ0n) is 12.8. The summed E-state index contributed by atoms with van der Waals surface area (Å²) in [5.74, 6) is 0.788. The van der Waals surface area contributed by atoms with Gasteiger partial charge in [-0.25, -0.2) is 0 Å². The third-order valence-corrected chi connectivity index (χ3v) is 4.70. The molecule has 0 unspecified atom stereocenters. The SMILES string of the molecule is CC(C)N1C=CN(c2cccc(C3CCCCC3)c2)C1. The Morgan fingerprint density at radius 2 is 1.85 bits per heavy atom. The van der Waals surface area contributed by atoms with Crippen LogP contribution < -0.4 is 4.90 Å². The fraction of sp³-hybridized carbons (Fsp3) is 0.556. The molecule has 2 nitrogen and oxygen atoms in total. The maximum absolute atomic E-state index is 2.41. The zero-order chi connectivity index (χ0) is 13.9. The molecule has 0 atom stereocenters. The topological polar surface area (TPSA) is 6.48 Å². The molecule has 0 amide bonds. The van der Waals surface area contributed by atoms with Gasteiger partial charge < -0.3 is 9.80 Å². The average molecular weight is 270 g/mol. The molecule has 1 aromatic carbocycles. The van der Waals surface area contributed by atoms with E-state index in [1.807, 2.05) is 0 Å². The molecule has 1 heterocycles. The number of nitrogens with zero attached hydrogens (tertiary/aromatic N) is 2. The zero-order valence-corrected chi connectivity index (χ0v) is 12.8. The molecule has 0 bridgehead atoms. The molecular weight excluding hydrogens is 244 g/mol. The quantitative estimate of drug-likeness (QED) is 0.786. The molecule has 0 aromatic heterocycles. The second kappa shape index (κ2) is 5.90. The summed E-state index contributed by atoms with van der Waals surface area (Å²) in [5, 5.41) is 0. The lowest BCUT2D eigenvalue weighted by atomic mass is 9.84. The van der Waals surface area contributed by atoms with E-state index in [0.717, 1.165) is 12.6 Å². The molecule has 0 spiro atoms. The number of anilines is 1. The number of hydrogen-bond donors (Lipinski definition) is 0. The van der Waals surface area contributed by atoms with E-state index in [0.29, 0.717) is 6.04 Å². The number of rotatable bonds is 3. The van der Waals surface area contributed by atoms with E-state index in [9.17, 15) is 0 Å². The van der Waals surface area contributed by atoms with E-state index in [4.69, 9.17) is 0 Å². The van der Waals surface area contributed by atoms with E-state index >= 15 is 0 Å². The Hall–Kier alpha value is -1.44. The van der Waals surface area contributed by atoms with Crippen LogP contribution in [0.3, 0.4) is 0 Å². The lowest BCUT2D eigenvalue weighted by molar-refractivity contribution is 0.336. The van der Waals surface area contributed by atoms with Gasteiger partial charge in [0.05, 0.1) is 6.67 Å². The first-order valence-electron chi connectivity index (χ1n) is 8.05. The average Bonchev–Trinajstić information content (AvgIpc) is 2.98. The van der Waals surface area contributed by atoms with Gasteiger partial charge >= 0.3 is 0 Å². The van der Waals surface area contributed by atoms with Crippen molar-refractivity contribution < 1.29 is 0 Å². The summed E-state index contributed by atoms with van der Waals surface area (Å²) in [6, 6.07) is 9.76. The second-order valence-corrected chi connectivity index (χ2v) is 6.45. The van der Waals surface area contributed by atoms with Gasteiger partial charge in [0.1, 0.15) is 0 Å². The van der Waals surface area contributed by atoms with Crippen molar-refractivity contribution in [3.05, 3.63) is 42.2 Å². The van der Waals surface area contributed by atoms with Crippen LogP contribution in [-0.4, -0.2) is 17.6 Å². The summed E-state index contributed by atoms with van der Waals surface area (Å²) in [5.41, 5.74) is 2.88. The Labute approximate surface area is 123 Å². The fourth-order valence-electron chi connectivity index (χ4n) is 3.33. The standard InChI is InChI=1S/C18H26N2/c1-15(2)19-11-12-20(14-19)18-10-6-9-17(13-18)16-7-4-3-5-8-16/h6,9-13,15-16H,3-5,7-8,14H2,1-2H3. The normalized spacial score (nSPS) is 20.1. The second-order valence-electron chi connectivity index (χ2n) is 6.45. The highest BCUT2D eigenvalue weighted by molar-refractivity contribution is 5.52. The van der Waals surface area contributed by atoms with E-state index in [1.54, 1.807) is 5.56 Å². The minimum Gasteiger partial charge on any atom is -0.356 e. The molecule has 1 aliphatic carbocycles. The smallest absolute Gasteiger partial charge is 0.0944 e. The van der Waals surface area contributed by atoms with Gasteiger partial charge in [0.2, 0.25) is 0 Å². The summed E-state index contributed by atoms with van der Waals surface area (Å²) >= 11 is 0. The van der Waals surface area contributed by atoms with Crippen molar-refractivity contribution >= 4 is 5.69 Å². The van der Waals surface area contributed by atoms with Crippen LogP contribution in [-0.2, 0) is 0 Å². The van der Waals surface area contributed by atoms with E-state index < -0.39 is 0 Å². The highest BCUT2D eigenvalue weighted by Crippen LogP contribution is 2.34. The lowest BCUT2D eigenvalue weighted by Crippen LogP contribution is -2.30. The lowest BCUT2D eigenvalue weighted by Gasteiger charge is -2.26. The van der Waals surface area contributed by atoms with Crippen molar-refractivity contribution in [1.82, 2.24) is 4.90 Å². The van der Waals surface area contributed by atoms with Crippen LogP contribution in [0.4, 0.5) is 5.69 Å². The van der Waals surface area contributed by atoms with Crippen LogP contribution in [0.1, 0.15) is 57.4 Å². The van der Waals surface area contributed by atoms with E-state index in [2.05, 4.69) is 60.3 Å². The highest BCUT2D eigenvalue weighted by Gasteiger charge is 2.19. The minimum atomic E-state index is 0.567. The Morgan fingerprint density at radius 1 is 1.05 bits per heavy atom. The first-order chi connectivity index (χ1) is 9.74. The van der Waals surface area contributed by atoms with Crippen LogP contribution in [0, 0.1) is 0 Å². The van der Waals surface area contributed by atoms with E-state index in [-0.39, 0.29) is 0 Å². The first-order valence-corrected chi connectivity index (χ1v) is 8.05. The third-order valence-electron chi connectivity index (χ3n) is 4.70. The summed E-state index contributed by atoms with van der Waals surface area (Å²) in [6.45, 7) is 5.46. The molecule has 1 aliphatic heterocycles. The Balaban J connectivity index is 1.73. The largest absolute Gasteiger partial charge is 0.356 e. The molecule has 2 heteroatoms. The van der Waals surface area contributed by atoms with Crippen LogP contribution >= 0.6 is 0 Å². The van der Waals surface area contributed by atoms with Gasteiger partial charge in [-0.05, 0) is 50.3 Å². The van der Waals surface area contributed by atoms with Gasteiger partial charge in [0.15, 0.2) is 0 Å². The van der Waals surface area contributed by atoms with Gasteiger partial charge in [0.25, 0.3) is 0 Å². The van der Waals surface area contributed by atoms with E-state index in [1.165, 1.54) is 37.8 Å². The molecule has 0 radical (unpaired) electrons. The number of hydrogen-bond acceptors (Lipinski definition) is 2. The Bertz CT molecular complexity index is 472. The van der Waals surface area contributed by atoms with Crippen molar-refractivity contribution in [2.24, 2.45) is 0 Å². The fourth-order valence-corrected chi connectivity index (χ4v) is 3.33. The maximum Gasteiger partial charge on any atom is 0.0944 e. The molecule has 108 valence electrons. The molecule has 1 aromatic rings. The Kier molecular flexibility index (Phi) is 4.00. The van der Waals surface area contributed by atoms with Gasteiger partial charge in [-0.1, -0.05) is 31.4 Å². The molecule has 1 saturated carbocycles. The summed E-state index contributed by atoms with van der Waals surface area (Å²) in [6.07, 6.45) is 11.4. The van der Waals surface area contributed by atoms with Crippen molar-refractivity contribution in [1.29, 1.82) is 0 Å². The molecule has 20 heavy (non-hydrogen) atoms. The molecule has 0 N–H and O–H groups in total. The predicted molar refractivity (Wildman–Crippen MR) is 85.7 cm³/mol. The van der Waals surface area contributed by atoms with Crippen molar-refractivity contribution in [2.75, 3.05) is 11.6 Å². The summed E-state index contributed by atoms with van der Waals surface area (Å²) in [4.78, 5) is 4.72. The molecule has 2 aliphatic rings. The molecule has 3 rings (SSSR count). The number of benzene rings is 1. The van der Waals surface area contributed by atoms with Gasteiger partial charge in [0, 0.05) is 24.1 Å².